The standard InChI is InChI=1S/C13H13ClN2O2/c14-11-5-1-3-9(7-15)12(11)16-6-2-4-10(8-16)13(17)18/h1,3,5,10H,2,4,6,8H2,(H,17,18). The Bertz CT molecular complexity index is 510. The van der Waals surface area contributed by atoms with Crippen LogP contribution in [0.3, 0.4) is 0 Å². The molecule has 0 amide bonds. The van der Waals surface area contributed by atoms with Crippen molar-refractivity contribution in [2.45, 2.75) is 12.8 Å². The van der Waals surface area contributed by atoms with Crippen LogP contribution in [-0.4, -0.2) is 24.2 Å². The molecule has 1 saturated heterocycles. The molecule has 1 unspecified atom stereocenters. The van der Waals surface area contributed by atoms with Gasteiger partial charge in [-0.25, -0.2) is 0 Å². The van der Waals surface area contributed by atoms with E-state index >= 15 is 0 Å². The van der Waals surface area contributed by atoms with Crippen molar-refractivity contribution < 1.29 is 9.90 Å². The number of hydrogen-bond acceptors (Lipinski definition) is 3. The topological polar surface area (TPSA) is 64.3 Å². The van der Waals surface area contributed by atoms with Crippen LogP contribution >= 0.6 is 11.6 Å². The van der Waals surface area contributed by atoms with Gasteiger partial charge in [-0.2, -0.15) is 5.26 Å². The van der Waals surface area contributed by atoms with Crippen LogP contribution in [0, 0.1) is 17.2 Å². The first-order valence-corrected chi connectivity index (χ1v) is 6.17. The van der Waals surface area contributed by atoms with E-state index in [2.05, 4.69) is 6.07 Å². The number of hydrogen-bond donors (Lipinski definition) is 1. The van der Waals surface area contributed by atoms with Gasteiger partial charge in [0.1, 0.15) is 6.07 Å². The highest BCUT2D eigenvalue weighted by Gasteiger charge is 2.27. The van der Waals surface area contributed by atoms with Gasteiger partial charge < -0.3 is 10.0 Å². The van der Waals surface area contributed by atoms with E-state index in [1.54, 1.807) is 18.2 Å². The van der Waals surface area contributed by atoms with Gasteiger partial charge in [-0.1, -0.05) is 17.7 Å². The van der Waals surface area contributed by atoms with E-state index in [-0.39, 0.29) is 5.92 Å². The molecule has 1 atom stereocenters. The van der Waals surface area contributed by atoms with Crippen LogP contribution in [0.15, 0.2) is 18.2 Å². The van der Waals surface area contributed by atoms with Crippen molar-refractivity contribution in [3.63, 3.8) is 0 Å². The number of nitrogens with zero attached hydrogens (tertiary/aromatic N) is 2. The van der Waals surface area contributed by atoms with Crippen LogP contribution in [0.25, 0.3) is 0 Å². The second kappa shape index (κ2) is 5.28. The highest BCUT2D eigenvalue weighted by molar-refractivity contribution is 6.33. The fourth-order valence-electron chi connectivity index (χ4n) is 2.31. The van der Waals surface area contributed by atoms with Gasteiger partial charge in [0.05, 0.1) is 22.2 Å². The summed E-state index contributed by atoms with van der Waals surface area (Å²) in [6, 6.07) is 7.25. The minimum Gasteiger partial charge on any atom is -0.481 e. The highest BCUT2D eigenvalue weighted by Crippen LogP contribution is 2.32. The molecule has 0 radical (unpaired) electrons. The number of carboxylic acids is 1. The number of piperidine rings is 1. The van der Waals surface area contributed by atoms with Gasteiger partial charge >= 0.3 is 5.97 Å². The zero-order chi connectivity index (χ0) is 13.1. The Morgan fingerprint density at radius 3 is 3.00 bits per heavy atom. The maximum atomic E-state index is 11.0. The van der Waals surface area contributed by atoms with Gasteiger partial charge in [0.25, 0.3) is 0 Å². The van der Waals surface area contributed by atoms with E-state index < -0.39 is 5.97 Å². The maximum absolute atomic E-state index is 11.0. The van der Waals surface area contributed by atoms with Crippen molar-refractivity contribution in [3.8, 4) is 6.07 Å². The predicted molar refractivity (Wildman–Crippen MR) is 68.7 cm³/mol. The summed E-state index contributed by atoms with van der Waals surface area (Å²) in [5.74, 6) is -1.17. The van der Waals surface area contributed by atoms with E-state index in [0.717, 1.165) is 13.0 Å². The van der Waals surface area contributed by atoms with Crippen molar-refractivity contribution in [1.82, 2.24) is 0 Å². The zero-order valence-electron chi connectivity index (χ0n) is 9.77. The van der Waals surface area contributed by atoms with Crippen molar-refractivity contribution in [2.75, 3.05) is 18.0 Å². The Morgan fingerprint density at radius 1 is 1.56 bits per heavy atom. The minimum atomic E-state index is -0.787. The summed E-state index contributed by atoms with van der Waals surface area (Å²) in [7, 11) is 0. The predicted octanol–water partition coefficient (Wildman–Crippen LogP) is 2.51. The summed E-state index contributed by atoms with van der Waals surface area (Å²) in [4.78, 5) is 13.0. The first kappa shape index (κ1) is 12.7. The number of benzene rings is 1. The van der Waals surface area contributed by atoms with E-state index in [0.29, 0.717) is 29.2 Å². The molecule has 0 aromatic heterocycles. The molecule has 0 aliphatic carbocycles. The van der Waals surface area contributed by atoms with E-state index in [4.69, 9.17) is 22.0 Å². The van der Waals surface area contributed by atoms with E-state index in [9.17, 15) is 4.79 Å². The Hall–Kier alpha value is -1.73. The van der Waals surface area contributed by atoms with Crippen molar-refractivity contribution in [3.05, 3.63) is 28.8 Å². The summed E-state index contributed by atoms with van der Waals surface area (Å²) in [5.41, 5.74) is 1.15. The molecule has 5 heteroatoms. The number of rotatable bonds is 2. The third kappa shape index (κ3) is 2.41. The quantitative estimate of drug-likeness (QED) is 0.891. The van der Waals surface area contributed by atoms with Gasteiger partial charge in [-0.3, -0.25) is 4.79 Å². The number of carboxylic acid groups (broad SMARTS) is 1. The Morgan fingerprint density at radius 2 is 2.33 bits per heavy atom. The molecule has 94 valence electrons. The zero-order valence-corrected chi connectivity index (χ0v) is 10.5. The molecule has 1 aromatic rings. The fourth-order valence-corrected chi connectivity index (χ4v) is 2.60. The summed E-state index contributed by atoms with van der Waals surface area (Å²) in [6.07, 6.45) is 1.48. The summed E-state index contributed by atoms with van der Waals surface area (Å²) in [5, 5.41) is 18.7. The average molecular weight is 265 g/mol. The average Bonchev–Trinajstić information content (AvgIpc) is 2.38. The molecule has 18 heavy (non-hydrogen) atoms. The molecular formula is C13H13ClN2O2. The van der Waals surface area contributed by atoms with Gasteiger partial charge in [0.15, 0.2) is 0 Å². The number of para-hydroxylation sites is 1. The maximum Gasteiger partial charge on any atom is 0.308 e. The van der Waals surface area contributed by atoms with E-state index in [1.807, 2.05) is 4.90 Å². The molecule has 4 nitrogen and oxygen atoms in total. The van der Waals surface area contributed by atoms with Crippen molar-refractivity contribution in [2.24, 2.45) is 5.92 Å². The molecule has 1 fully saturated rings. The van der Waals surface area contributed by atoms with Crippen LogP contribution in [0.4, 0.5) is 5.69 Å². The third-order valence-corrected chi connectivity index (χ3v) is 3.50. The SMILES string of the molecule is N#Cc1cccc(Cl)c1N1CCCC(C(=O)O)C1. The number of anilines is 1. The molecule has 1 aliphatic rings. The summed E-state index contributed by atoms with van der Waals surface area (Å²) < 4.78 is 0. The first-order chi connectivity index (χ1) is 8.63. The lowest BCUT2D eigenvalue weighted by molar-refractivity contribution is -0.141. The number of halogens is 1. The number of aliphatic carboxylic acids is 1. The number of nitriles is 1. The molecule has 1 aromatic carbocycles. The van der Waals surface area contributed by atoms with Gasteiger partial charge in [0.2, 0.25) is 0 Å². The fraction of sp³-hybridized carbons (Fsp3) is 0.385. The van der Waals surface area contributed by atoms with Crippen molar-refractivity contribution in [1.29, 1.82) is 5.26 Å². The molecule has 0 bridgehead atoms. The lowest BCUT2D eigenvalue weighted by Gasteiger charge is -2.33. The van der Waals surface area contributed by atoms with Crippen LogP contribution in [0.5, 0.6) is 0 Å². The molecule has 2 rings (SSSR count). The highest BCUT2D eigenvalue weighted by atomic mass is 35.5. The Kier molecular flexibility index (Phi) is 3.73. The minimum absolute atomic E-state index is 0.387. The van der Waals surface area contributed by atoms with Crippen LogP contribution in [-0.2, 0) is 4.79 Å². The second-order valence-electron chi connectivity index (χ2n) is 4.37. The smallest absolute Gasteiger partial charge is 0.308 e. The monoisotopic (exact) mass is 264 g/mol. The molecule has 1 aliphatic heterocycles. The lowest BCUT2D eigenvalue weighted by atomic mass is 9.97. The summed E-state index contributed by atoms with van der Waals surface area (Å²) in [6.45, 7) is 1.15. The first-order valence-electron chi connectivity index (χ1n) is 5.80. The van der Waals surface area contributed by atoms with Crippen LogP contribution in [0.2, 0.25) is 5.02 Å². The van der Waals surface area contributed by atoms with Crippen LogP contribution < -0.4 is 4.90 Å². The van der Waals surface area contributed by atoms with Gasteiger partial charge in [0, 0.05) is 13.1 Å². The molecule has 0 spiro atoms. The summed E-state index contributed by atoms with van der Waals surface area (Å²) >= 11 is 6.13. The van der Waals surface area contributed by atoms with E-state index in [1.165, 1.54) is 0 Å². The van der Waals surface area contributed by atoms with Gasteiger partial charge in [-0.15, -0.1) is 0 Å². The van der Waals surface area contributed by atoms with Gasteiger partial charge in [-0.05, 0) is 25.0 Å². The third-order valence-electron chi connectivity index (χ3n) is 3.19. The van der Waals surface area contributed by atoms with Crippen LogP contribution in [0.1, 0.15) is 18.4 Å². The van der Waals surface area contributed by atoms with Crippen molar-refractivity contribution >= 4 is 23.3 Å². The normalized spacial score (nSPS) is 19.3. The second-order valence-corrected chi connectivity index (χ2v) is 4.78. The lowest BCUT2D eigenvalue weighted by Crippen LogP contribution is -2.39. The molecular weight excluding hydrogens is 252 g/mol. The largest absolute Gasteiger partial charge is 0.481 e. The Balaban J connectivity index is 2.32. The molecule has 0 saturated carbocycles. The number of carbonyl (C=O) groups is 1. The molecule has 1 N–H and O–H groups in total. The molecule has 1 heterocycles. The Labute approximate surface area is 110 Å².